The van der Waals surface area contributed by atoms with Crippen molar-refractivity contribution in [3.8, 4) is 0 Å². The summed E-state index contributed by atoms with van der Waals surface area (Å²) in [6.07, 6.45) is 0.757. The van der Waals surface area contributed by atoms with Gasteiger partial charge in [0.1, 0.15) is 0 Å². The number of rotatable bonds is 4. The first kappa shape index (κ1) is 15.0. The Hall–Kier alpha value is -2.41. The van der Waals surface area contributed by atoms with Crippen LogP contribution in [0.2, 0.25) is 0 Å². The number of carbonyl (C=O) groups excluding carboxylic acids is 2. The Morgan fingerprint density at radius 3 is 2.38 bits per heavy atom. The maximum absolute atomic E-state index is 12.3. The average molecular weight is 292 g/mol. The molecule has 1 aliphatic heterocycles. The fourth-order valence-electron chi connectivity index (χ4n) is 2.28. The normalized spacial score (nSPS) is 14.9. The molecule has 0 aliphatic carbocycles. The second-order valence-corrected chi connectivity index (χ2v) is 4.77. The van der Waals surface area contributed by atoms with Crippen molar-refractivity contribution in [3.05, 3.63) is 34.9 Å². The van der Waals surface area contributed by atoms with Crippen LogP contribution < -0.4 is 0 Å². The van der Waals surface area contributed by atoms with E-state index in [0.717, 1.165) is 6.41 Å². The van der Waals surface area contributed by atoms with E-state index in [1.807, 2.05) is 0 Å². The number of aliphatic hydroxyl groups is 1. The molecule has 21 heavy (non-hydrogen) atoms. The lowest BCUT2D eigenvalue weighted by atomic mass is 10.0. The van der Waals surface area contributed by atoms with Gasteiger partial charge in [-0.05, 0) is 23.8 Å². The van der Waals surface area contributed by atoms with Gasteiger partial charge in [0.15, 0.2) is 0 Å². The van der Waals surface area contributed by atoms with Gasteiger partial charge in [0, 0.05) is 31.7 Å². The molecule has 0 unspecified atom stereocenters. The Morgan fingerprint density at radius 1 is 1.19 bits per heavy atom. The van der Waals surface area contributed by atoms with Gasteiger partial charge in [0.05, 0.1) is 12.2 Å². The van der Waals surface area contributed by atoms with Crippen molar-refractivity contribution >= 4 is 18.3 Å². The average Bonchev–Trinajstić information content (AvgIpc) is 2.53. The van der Waals surface area contributed by atoms with Crippen LogP contribution in [-0.2, 0) is 11.4 Å². The van der Waals surface area contributed by atoms with Crippen LogP contribution in [0, 0.1) is 0 Å². The van der Waals surface area contributed by atoms with Crippen LogP contribution in [0.15, 0.2) is 18.2 Å². The third-order valence-corrected chi connectivity index (χ3v) is 3.50. The molecule has 0 saturated carbocycles. The molecule has 7 nitrogen and oxygen atoms in total. The zero-order chi connectivity index (χ0) is 15.4. The summed E-state index contributed by atoms with van der Waals surface area (Å²) in [5.41, 5.74) is 0.531. The second-order valence-electron chi connectivity index (χ2n) is 4.77. The minimum absolute atomic E-state index is 0.0141. The molecule has 1 aliphatic rings. The maximum Gasteiger partial charge on any atom is 0.336 e. The molecule has 0 aromatic heterocycles. The summed E-state index contributed by atoms with van der Waals surface area (Å²) in [5, 5.41) is 18.2. The highest BCUT2D eigenvalue weighted by Gasteiger charge is 2.22. The zero-order valence-electron chi connectivity index (χ0n) is 11.4. The number of hydrogen-bond donors (Lipinski definition) is 2. The van der Waals surface area contributed by atoms with E-state index in [2.05, 4.69) is 0 Å². The number of amides is 2. The summed E-state index contributed by atoms with van der Waals surface area (Å²) < 4.78 is 0. The molecule has 1 fully saturated rings. The number of benzene rings is 1. The van der Waals surface area contributed by atoms with Crippen molar-refractivity contribution in [2.24, 2.45) is 0 Å². The van der Waals surface area contributed by atoms with Crippen LogP contribution in [0.3, 0.4) is 0 Å². The summed E-state index contributed by atoms with van der Waals surface area (Å²) in [5.74, 6) is -1.37. The van der Waals surface area contributed by atoms with Crippen LogP contribution in [0.1, 0.15) is 26.3 Å². The Balaban J connectivity index is 2.16. The summed E-state index contributed by atoms with van der Waals surface area (Å²) in [6.45, 7) is 1.39. The fraction of sp³-hybridized carbons (Fsp3) is 0.357. The molecule has 1 heterocycles. The topological polar surface area (TPSA) is 98.2 Å². The number of hydrogen-bond acceptors (Lipinski definition) is 4. The molecule has 2 rings (SSSR count). The highest BCUT2D eigenvalue weighted by molar-refractivity contribution is 5.96. The van der Waals surface area contributed by atoms with Crippen LogP contribution in [-0.4, -0.2) is 64.5 Å². The van der Waals surface area contributed by atoms with E-state index in [1.54, 1.807) is 9.80 Å². The number of carboxylic acid groups (broad SMARTS) is 1. The summed E-state index contributed by atoms with van der Waals surface area (Å²) in [7, 11) is 0. The van der Waals surface area contributed by atoms with Gasteiger partial charge in [0.25, 0.3) is 5.91 Å². The van der Waals surface area contributed by atoms with Crippen molar-refractivity contribution in [3.63, 3.8) is 0 Å². The standard InChI is InChI=1S/C14H16N2O5/c17-8-11-7-10(1-2-12(11)14(20)21)13(19)16-5-3-15(9-18)4-6-16/h1-2,7,9,17H,3-6,8H2,(H,20,21). The molecule has 0 bridgehead atoms. The number of piperazine rings is 1. The van der Waals surface area contributed by atoms with Crippen molar-refractivity contribution in [1.82, 2.24) is 9.80 Å². The molecule has 1 aromatic carbocycles. The van der Waals surface area contributed by atoms with Crippen LogP contribution in [0.4, 0.5) is 0 Å². The number of nitrogens with zero attached hydrogens (tertiary/aromatic N) is 2. The lowest BCUT2D eigenvalue weighted by Crippen LogP contribution is -2.48. The quantitative estimate of drug-likeness (QED) is 0.748. The van der Waals surface area contributed by atoms with E-state index in [1.165, 1.54) is 18.2 Å². The molecule has 2 N–H and O–H groups in total. The van der Waals surface area contributed by atoms with Crippen molar-refractivity contribution in [2.45, 2.75) is 6.61 Å². The van der Waals surface area contributed by atoms with Gasteiger partial charge in [-0.25, -0.2) is 4.79 Å². The van der Waals surface area contributed by atoms with E-state index in [0.29, 0.717) is 31.7 Å². The molecule has 1 aromatic rings. The summed E-state index contributed by atoms with van der Waals surface area (Å²) in [4.78, 5) is 37.2. The largest absolute Gasteiger partial charge is 0.478 e. The third kappa shape index (κ3) is 3.19. The first-order valence-electron chi connectivity index (χ1n) is 6.52. The predicted molar refractivity (Wildman–Crippen MR) is 72.9 cm³/mol. The number of aliphatic hydroxyl groups excluding tert-OH is 1. The van der Waals surface area contributed by atoms with Crippen LogP contribution >= 0.6 is 0 Å². The molecule has 0 atom stereocenters. The zero-order valence-corrected chi connectivity index (χ0v) is 11.4. The van der Waals surface area contributed by atoms with Crippen LogP contribution in [0.5, 0.6) is 0 Å². The second kappa shape index (κ2) is 6.36. The lowest BCUT2D eigenvalue weighted by molar-refractivity contribution is -0.119. The van der Waals surface area contributed by atoms with Gasteiger partial charge in [0.2, 0.25) is 6.41 Å². The van der Waals surface area contributed by atoms with Gasteiger partial charge < -0.3 is 20.0 Å². The molecule has 2 amide bonds. The minimum Gasteiger partial charge on any atom is -0.478 e. The Labute approximate surface area is 121 Å². The summed E-state index contributed by atoms with van der Waals surface area (Å²) >= 11 is 0. The van der Waals surface area contributed by atoms with Crippen molar-refractivity contribution < 1.29 is 24.6 Å². The van der Waals surface area contributed by atoms with E-state index >= 15 is 0 Å². The summed E-state index contributed by atoms with van der Waals surface area (Å²) in [6, 6.07) is 4.16. The Bertz CT molecular complexity index is 564. The molecule has 1 saturated heterocycles. The lowest BCUT2D eigenvalue weighted by Gasteiger charge is -2.32. The first-order valence-corrected chi connectivity index (χ1v) is 6.52. The number of carboxylic acids is 1. The maximum atomic E-state index is 12.3. The van der Waals surface area contributed by atoms with Crippen molar-refractivity contribution in [1.29, 1.82) is 0 Å². The highest BCUT2D eigenvalue weighted by atomic mass is 16.4. The first-order chi connectivity index (χ1) is 10.1. The third-order valence-electron chi connectivity index (χ3n) is 3.50. The number of carbonyl (C=O) groups is 3. The molecule has 0 radical (unpaired) electrons. The van der Waals surface area contributed by atoms with E-state index in [-0.39, 0.29) is 17.0 Å². The van der Waals surface area contributed by atoms with E-state index in [4.69, 9.17) is 5.11 Å². The SMILES string of the molecule is O=CN1CCN(C(=O)c2ccc(C(=O)O)c(CO)c2)CC1. The van der Waals surface area contributed by atoms with Crippen LogP contribution in [0.25, 0.3) is 0 Å². The molecule has 112 valence electrons. The molecular formula is C14H16N2O5. The van der Waals surface area contributed by atoms with Gasteiger partial charge in [-0.3, -0.25) is 9.59 Å². The monoisotopic (exact) mass is 292 g/mol. The highest BCUT2D eigenvalue weighted by Crippen LogP contribution is 2.15. The van der Waals surface area contributed by atoms with Gasteiger partial charge in [-0.1, -0.05) is 0 Å². The Kier molecular flexibility index (Phi) is 4.54. The molecule has 7 heteroatoms. The van der Waals surface area contributed by atoms with E-state index in [9.17, 15) is 19.5 Å². The predicted octanol–water partition coefficient (Wildman–Crippen LogP) is -0.209. The van der Waals surface area contributed by atoms with Crippen molar-refractivity contribution in [2.75, 3.05) is 26.2 Å². The molecular weight excluding hydrogens is 276 g/mol. The van der Waals surface area contributed by atoms with Gasteiger partial charge >= 0.3 is 5.97 Å². The van der Waals surface area contributed by atoms with E-state index < -0.39 is 12.6 Å². The van der Waals surface area contributed by atoms with Gasteiger partial charge in [-0.2, -0.15) is 0 Å². The number of aromatic carboxylic acids is 1. The Morgan fingerprint density at radius 2 is 1.86 bits per heavy atom. The minimum atomic E-state index is -1.14. The fourth-order valence-corrected chi connectivity index (χ4v) is 2.28. The molecule has 0 spiro atoms. The van der Waals surface area contributed by atoms with Gasteiger partial charge in [-0.15, -0.1) is 0 Å². The smallest absolute Gasteiger partial charge is 0.336 e.